The topological polar surface area (TPSA) is 84.7 Å². The van der Waals surface area contributed by atoms with Crippen molar-refractivity contribution in [3.05, 3.63) is 63.7 Å². The Bertz CT molecular complexity index is 777. The number of amides is 1. The molecule has 2 aromatic rings. The van der Waals surface area contributed by atoms with Gasteiger partial charge < -0.3 is 10.1 Å². The van der Waals surface area contributed by atoms with Crippen LogP contribution in [0.3, 0.4) is 0 Å². The van der Waals surface area contributed by atoms with Crippen molar-refractivity contribution in [3.8, 4) is 5.75 Å². The lowest BCUT2D eigenvalue weighted by Gasteiger charge is -2.17. The predicted octanol–water partition coefficient (Wildman–Crippen LogP) is 2.98. The predicted molar refractivity (Wildman–Crippen MR) is 95.8 cm³/mol. The number of likely N-dealkylation sites (N-methyl/N-ethyl adjacent to an activating group) is 1. The maximum atomic E-state index is 12.2. The third-order valence-corrected chi connectivity index (χ3v) is 3.79. The maximum absolute atomic E-state index is 12.2. The Morgan fingerprint density at radius 1 is 1.28 bits per heavy atom. The van der Waals surface area contributed by atoms with E-state index in [2.05, 4.69) is 5.32 Å². The summed E-state index contributed by atoms with van der Waals surface area (Å²) in [5.74, 6) is 0.0470. The summed E-state index contributed by atoms with van der Waals surface area (Å²) in [5, 5.41) is 13.8. The van der Waals surface area contributed by atoms with Crippen LogP contribution in [0.2, 0.25) is 0 Å². The first-order valence-corrected chi connectivity index (χ1v) is 7.76. The summed E-state index contributed by atoms with van der Waals surface area (Å²) in [5.41, 5.74) is 2.24. The Hall–Kier alpha value is -2.93. The van der Waals surface area contributed by atoms with Crippen LogP contribution in [0.5, 0.6) is 5.75 Å². The number of ether oxygens (including phenoxy) is 1. The summed E-state index contributed by atoms with van der Waals surface area (Å²) in [6, 6.07) is 12.3. The van der Waals surface area contributed by atoms with E-state index in [-0.39, 0.29) is 23.8 Å². The van der Waals surface area contributed by atoms with E-state index in [1.165, 1.54) is 19.2 Å². The number of hydrogen-bond donors (Lipinski definition) is 1. The van der Waals surface area contributed by atoms with Crippen LogP contribution in [0.4, 0.5) is 11.4 Å². The molecule has 0 saturated carbocycles. The number of benzene rings is 2. The minimum absolute atomic E-state index is 0.123. The Morgan fingerprint density at radius 3 is 2.64 bits per heavy atom. The molecule has 0 fully saturated rings. The molecular formula is C18H21N3O4. The third-order valence-electron chi connectivity index (χ3n) is 3.79. The molecule has 1 N–H and O–H groups in total. The van der Waals surface area contributed by atoms with Crippen molar-refractivity contribution in [2.24, 2.45) is 0 Å². The van der Waals surface area contributed by atoms with Gasteiger partial charge in [0.15, 0.2) is 0 Å². The van der Waals surface area contributed by atoms with Gasteiger partial charge in [0.1, 0.15) is 11.4 Å². The second kappa shape index (κ2) is 8.25. The van der Waals surface area contributed by atoms with E-state index < -0.39 is 4.92 Å². The van der Waals surface area contributed by atoms with Gasteiger partial charge in [-0.25, -0.2) is 0 Å². The lowest BCUT2D eigenvalue weighted by atomic mass is 10.1. The molecule has 0 radical (unpaired) electrons. The fraction of sp³-hybridized carbons (Fsp3) is 0.278. The summed E-state index contributed by atoms with van der Waals surface area (Å²) in [7, 11) is 3.26. The van der Waals surface area contributed by atoms with Gasteiger partial charge in [-0.15, -0.1) is 0 Å². The van der Waals surface area contributed by atoms with Gasteiger partial charge in [0.2, 0.25) is 5.91 Å². The van der Waals surface area contributed by atoms with Crippen molar-refractivity contribution in [3.63, 3.8) is 0 Å². The number of anilines is 1. The molecule has 0 aromatic heterocycles. The summed E-state index contributed by atoms with van der Waals surface area (Å²) in [6.45, 7) is 2.76. The number of carbonyl (C=O) groups is 1. The fourth-order valence-electron chi connectivity index (χ4n) is 2.46. The van der Waals surface area contributed by atoms with Crippen LogP contribution in [0.25, 0.3) is 0 Å². The molecule has 25 heavy (non-hydrogen) atoms. The van der Waals surface area contributed by atoms with Gasteiger partial charge in [0.05, 0.1) is 24.6 Å². The minimum Gasteiger partial charge on any atom is -0.496 e. The summed E-state index contributed by atoms with van der Waals surface area (Å²) in [6.07, 6.45) is 0. The largest absolute Gasteiger partial charge is 0.496 e. The van der Waals surface area contributed by atoms with E-state index in [0.29, 0.717) is 12.3 Å². The molecular weight excluding hydrogens is 322 g/mol. The van der Waals surface area contributed by atoms with E-state index in [4.69, 9.17) is 4.74 Å². The van der Waals surface area contributed by atoms with Gasteiger partial charge in [0, 0.05) is 6.54 Å². The number of nitrogens with zero attached hydrogens (tertiary/aromatic N) is 2. The molecule has 0 aliphatic carbocycles. The standard InChI is InChI=1S/C18H21N3O4/c1-13-6-4-5-7-14(13)11-20(2)12-18(22)19-16-9-8-15(25-3)10-17(16)21(23)24/h4-10H,11-12H2,1-3H3,(H,19,22). The summed E-state index contributed by atoms with van der Waals surface area (Å²) < 4.78 is 4.98. The van der Waals surface area contributed by atoms with E-state index in [1.807, 2.05) is 43.1 Å². The molecule has 0 aliphatic heterocycles. The van der Waals surface area contributed by atoms with Crippen molar-refractivity contribution in [1.82, 2.24) is 4.90 Å². The zero-order valence-corrected chi connectivity index (χ0v) is 14.5. The smallest absolute Gasteiger partial charge is 0.296 e. The molecule has 7 nitrogen and oxygen atoms in total. The quantitative estimate of drug-likeness (QED) is 0.617. The van der Waals surface area contributed by atoms with Gasteiger partial charge in [-0.1, -0.05) is 24.3 Å². The number of nitro groups is 1. The second-order valence-electron chi connectivity index (χ2n) is 5.79. The molecule has 0 atom stereocenters. The van der Waals surface area contributed by atoms with Crippen LogP contribution in [-0.2, 0) is 11.3 Å². The first kappa shape index (κ1) is 18.4. The van der Waals surface area contributed by atoms with E-state index >= 15 is 0 Å². The Morgan fingerprint density at radius 2 is 2.00 bits per heavy atom. The molecule has 2 rings (SSSR count). The Balaban J connectivity index is 2.02. The number of hydrogen-bond acceptors (Lipinski definition) is 5. The van der Waals surface area contributed by atoms with Crippen molar-refractivity contribution in [2.75, 3.05) is 26.0 Å². The summed E-state index contributed by atoms with van der Waals surface area (Å²) in [4.78, 5) is 24.7. The van der Waals surface area contributed by atoms with Gasteiger partial charge >= 0.3 is 0 Å². The van der Waals surface area contributed by atoms with E-state index in [9.17, 15) is 14.9 Å². The highest BCUT2D eigenvalue weighted by Crippen LogP contribution is 2.28. The van der Waals surface area contributed by atoms with Crippen molar-refractivity contribution < 1.29 is 14.5 Å². The number of nitrogens with one attached hydrogen (secondary N) is 1. The lowest BCUT2D eigenvalue weighted by molar-refractivity contribution is -0.384. The highest BCUT2D eigenvalue weighted by molar-refractivity contribution is 5.94. The molecule has 7 heteroatoms. The number of carbonyl (C=O) groups excluding carboxylic acids is 1. The highest BCUT2D eigenvalue weighted by Gasteiger charge is 2.18. The summed E-state index contributed by atoms with van der Waals surface area (Å²) >= 11 is 0. The Kier molecular flexibility index (Phi) is 6.08. The highest BCUT2D eigenvalue weighted by atomic mass is 16.6. The van der Waals surface area contributed by atoms with E-state index in [0.717, 1.165) is 11.1 Å². The van der Waals surface area contributed by atoms with E-state index in [1.54, 1.807) is 6.07 Å². The first-order chi connectivity index (χ1) is 11.9. The zero-order valence-electron chi connectivity index (χ0n) is 14.5. The van der Waals surface area contributed by atoms with Crippen LogP contribution in [0.1, 0.15) is 11.1 Å². The molecule has 1 amide bonds. The average molecular weight is 343 g/mol. The van der Waals surface area contributed by atoms with Crippen molar-refractivity contribution >= 4 is 17.3 Å². The van der Waals surface area contributed by atoms with Crippen LogP contribution in [0.15, 0.2) is 42.5 Å². The minimum atomic E-state index is -0.546. The number of aryl methyl sites for hydroxylation is 1. The van der Waals surface area contributed by atoms with Crippen LogP contribution in [-0.4, -0.2) is 36.4 Å². The van der Waals surface area contributed by atoms with Crippen LogP contribution in [0, 0.1) is 17.0 Å². The van der Waals surface area contributed by atoms with Crippen molar-refractivity contribution in [1.29, 1.82) is 0 Å². The second-order valence-corrected chi connectivity index (χ2v) is 5.79. The molecule has 0 spiro atoms. The number of rotatable bonds is 7. The molecule has 0 bridgehead atoms. The lowest BCUT2D eigenvalue weighted by Crippen LogP contribution is -2.30. The zero-order chi connectivity index (χ0) is 18.4. The maximum Gasteiger partial charge on any atom is 0.296 e. The molecule has 0 unspecified atom stereocenters. The van der Waals surface area contributed by atoms with Crippen molar-refractivity contribution in [2.45, 2.75) is 13.5 Å². The molecule has 132 valence electrons. The van der Waals surface area contributed by atoms with Gasteiger partial charge in [-0.3, -0.25) is 19.8 Å². The molecule has 2 aromatic carbocycles. The number of nitro benzene ring substituents is 1. The fourth-order valence-corrected chi connectivity index (χ4v) is 2.46. The van der Waals surface area contributed by atoms with Gasteiger partial charge in [-0.05, 0) is 37.2 Å². The molecule has 0 aliphatic rings. The third kappa shape index (κ3) is 5.02. The van der Waals surface area contributed by atoms with Gasteiger partial charge in [-0.2, -0.15) is 0 Å². The van der Waals surface area contributed by atoms with Gasteiger partial charge in [0.25, 0.3) is 5.69 Å². The molecule has 0 saturated heterocycles. The number of methoxy groups -OCH3 is 1. The first-order valence-electron chi connectivity index (χ1n) is 7.76. The average Bonchev–Trinajstić information content (AvgIpc) is 2.57. The molecule has 0 heterocycles. The normalized spacial score (nSPS) is 10.6. The Labute approximate surface area is 146 Å². The SMILES string of the molecule is COc1ccc(NC(=O)CN(C)Cc2ccccc2C)c([N+](=O)[O-])c1. The monoisotopic (exact) mass is 343 g/mol. The van der Waals surface area contributed by atoms with Crippen LogP contribution >= 0.6 is 0 Å². The van der Waals surface area contributed by atoms with Crippen LogP contribution < -0.4 is 10.1 Å².